The molecule has 0 aliphatic carbocycles. The molecule has 0 spiro atoms. The van der Waals surface area contributed by atoms with Crippen molar-refractivity contribution >= 4 is 5.97 Å². The molecule has 4 heteroatoms. The van der Waals surface area contributed by atoms with Gasteiger partial charge in [-0.05, 0) is 25.7 Å². The molecule has 0 saturated heterocycles. The Hall–Kier alpha value is -0.610. The highest BCUT2D eigenvalue weighted by Gasteiger charge is 2.38. The molecule has 0 aliphatic rings. The van der Waals surface area contributed by atoms with Gasteiger partial charge in [0, 0.05) is 6.61 Å². The van der Waals surface area contributed by atoms with Crippen molar-refractivity contribution in [2.75, 3.05) is 13.2 Å². The first-order chi connectivity index (χ1) is 8.66. The lowest BCUT2D eigenvalue weighted by atomic mass is 9.97. The molecular formula is C14H28O4. The average molecular weight is 260 g/mol. The molecule has 108 valence electrons. The minimum Gasteiger partial charge on any atom is -0.363 e. The van der Waals surface area contributed by atoms with E-state index in [1.54, 1.807) is 0 Å². The molecule has 0 aromatic heterocycles. The van der Waals surface area contributed by atoms with Gasteiger partial charge in [0.15, 0.2) is 5.60 Å². The van der Waals surface area contributed by atoms with Gasteiger partial charge < -0.3 is 4.74 Å². The van der Waals surface area contributed by atoms with Crippen molar-refractivity contribution in [3.63, 3.8) is 0 Å². The highest BCUT2D eigenvalue weighted by Crippen LogP contribution is 2.23. The number of carbonyl (C=O) groups is 1. The Balaban J connectivity index is 4.23. The molecule has 0 aliphatic heterocycles. The Kier molecular flexibility index (Phi) is 9.98. The maximum atomic E-state index is 12.0. The van der Waals surface area contributed by atoms with E-state index in [-0.39, 0.29) is 0 Å². The van der Waals surface area contributed by atoms with Crippen molar-refractivity contribution in [2.45, 2.75) is 71.8 Å². The summed E-state index contributed by atoms with van der Waals surface area (Å²) >= 11 is 0. The number of rotatable bonds is 11. The SMILES string of the molecule is CCCCOOC(=O)C(CC)(CC)OCCCC. The van der Waals surface area contributed by atoms with Crippen LogP contribution in [0.3, 0.4) is 0 Å². The van der Waals surface area contributed by atoms with E-state index >= 15 is 0 Å². The maximum absolute atomic E-state index is 12.0. The first-order valence-corrected chi connectivity index (χ1v) is 7.14. The van der Waals surface area contributed by atoms with Gasteiger partial charge in [0.2, 0.25) is 0 Å². The summed E-state index contributed by atoms with van der Waals surface area (Å²) in [7, 11) is 0. The molecule has 0 N–H and O–H groups in total. The monoisotopic (exact) mass is 260 g/mol. The summed E-state index contributed by atoms with van der Waals surface area (Å²) in [5.41, 5.74) is -0.846. The highest BCUT2D eigenvalue weighted by molar-refractivity contribution is 5.78. The Labute approximate surface area is 111 Å². The van der Waals surface area contributed by atoms with Crippen LogP contribution in [0.25, 0.3) is 0 Å². The van der Waals surface area contributed by atoms with Gasteiger partial charge in [-0.15, -0.1) is 0 Å². The van der Waals surface area contributed by atoms with Crippen LogP contribution < -0.4 is 0 Å². The smallest absolute Gasteiger partial charge is 0.363 e. The van der Waals surface area contributed by atoms with Crippen LogP contribution in [0.1, 0.15) is 66.2 Å². The summed E-state index contributed by atoms with van der Waals surface area (Å²) in [6.07, 6.45) is 5.09. The second-order valence-corrected chi connectivity index (χ2v) is 4.45. The number of unbranched alkanes of at least 4 members (excludes halogenated alkanes) is 2. The summed E-state index contributed by atoms with van der Waals surface area (Å²) in [4.78, 5) is 21.8. The number of hydrogen-bond donors (Lipinski definition) is 0. The Morgan fingerprint density at radius 2 is 1.50 bits per heavy atom. The molecule has 0 aromatic rings. The van der Waals surface area contributed by atoms with Gasteiger partial charge in [-0.3, -0.25) is 4.89 Å². The minimum absolute atomic E-state index is 0.403. The Morgan fingerprint density at radius 1 is 0.944 bits per heavy atom. The van der Waals surface area contributed by atoms with Crippen LogP contribution in [-0.2, 0) is 19.3 Å². The van der Waals surface area contributed by atoms with Crippen molar-refractivity contribution < 1.29 is 19.3 Å². The van der Waals surface area contributed by atoms with Gasteiger partial charge in [-0.2, -0.15) is 4.89 Å². The molecule has 0 aromatic carbocycles. The quantitative estimate of drug-likeness (QED) is 0.323. The summed E-state index contributed by atoms with van der Waals surface area (Å²) in [6.45, 7) is 9.05. The molecule has 0 fully saturated rings. The largest absolute Gasteiger partial charge is 0.373 e. The van der Waals surface area contributed by atoms with E-state index in [2.05, 4.69) is 13.8 Å². The Morgan fingerprint density at radius 3 is 2.00 bits per heavy atom. The summed E-state index contributed by atoms with van der Waals surface area (Å²) < 4.78 is 5.73. The summed E-state index contributed by atoms with van der Waals surface area (Å²) in [6, 6.07) is 0. The predicted molar refractivity (Wildman–Crippen MR) is 71.1 cm³/mol. The fourth-order valence-electron chi connectivity index (χ4n) is 1.59. The number of carbonyl (C=O) groups excluding carboxylic acids is 1. The van der Waals surface area contributed by atoms with Crippen LogP contribution in [-0.4, -0.2) is 24.8 Å². The van der Waals surface area contributed by atoms with E-state index in [1.807, 2.05) is 13.8 Å². The van der Waals surface area contributed by atoms with Gasteiger partial charge in [0.25, 0.3) is 0 Å². The van der Waals surface area contributed by atoms with Crippen LogP contribution >= 0.6 is 0 Å². The van der Waals surface area contributed by atoms with Crippen LogP contribution in [0.2, 0.25) is 0 Å². The predicted octanol–water partition coefficient (Wildman–Crippen LogP) is 3.64. The first-order valence-electron chi connectivity index (χ1n) is 7.14. The molecule has 0 bridgehead atoms. The van der Waals surface area contributed by atoms with Crippen molar-refractivity contribution in [3.05, 3.63) is 0 Å². The van der Waals surface area contributed by atoms with Crippen molar-refractivity contribution in [3.8, 4) is 0 Å². The van der Waals surface area contributed by atoms with E-state index in [1.165, 1.54) is 0 Å². The van der Waals surface area contributed by atoms with Gasteiger partial charge >= 0.3 is 5.97 Å². The lowest BCUT2D eigenvalue weighted by molar-refractivity contribution is -0.288. The van der Waals surface area contributed by atoms with E-state index in [0.29, 0.717) is 26.1 Å². The fraction of sp³-hybridized carbons (Fsp3) is 0.929. The van der Waals surface area contributed by atoms with Gasteiger partial charge in [-0.1, -0.05) is 40.5 Å². The number of ether oxygens (including phenoxy) is 1. The first kappa shape index (κ1) is 17.4. The topological polar surface area (TPSA) is 44.8 Å². The third-order valence-corrected chi connectivity index (χ3v) is 3.11. The standard InChI is InChI=1S/C14H28O4/c1-5-9-11-16-14(7-3,8-4)13(15)18-17-12-10-6-2/h5-12H2,1-4H3. The van der Waals surface area contributed by atoms with Crippen LogP contribution in [0, 0.1) is 0 Å². The third-order valence-electron chi connectivity index (χ3n) is 3.11. The minimum atomic E-state index is -0.846. The summed E-state index contributed by atoms with van der Waals surface area (Å²) in [5.74, 6) is -0.403. The molecule has 18 heavy (non-hydrogen) atoms. The van der Waals surface area contributed by atoms with E-state index < -0.39 is 11.6 Å². The Bertz CT molecular complexity index is 212. The molecular weight excluding hydrogens is 232 g/mol. The zero-order chi connectivity index (χ0) is 13.9. The number of hydrogen-bond acceptors (Lipinski definition) is 4. The molecule has 0 saturated carbocycles. The van der Waals surface area contributed by atoms with E-state index in [0.717, 1.165) is 25.7 Å². The fourth-order valence-corrected chi connectivity index (χ4v) is 1.59. The summed E-state index contributed by atoms with van der Waals surface area (Å²) in [5, 5.41) is 0. The lowest BCUT2D eigenvalue weighted by Gasteiger charge is -2.28. The highest BCUT2D eigenvalue weighted by atomic mass is 17.2. The maximum Gasteiger partial charge on any atom is 0.373 e. The van der Waals surface area contributed by atoms with Crippen molar-refractivity contribution in [1.29, 1.82) is 0 Å². The molecule has 0 unspecified atom stereocenters. The van der Waals surface area contributed by atoms with Gasteiger partial charge in [0.05, 0.1) is 6.61 Å². The molecule has 0 rings (SSSR count). The molecule has 0 heterocycles. The van der Waals surface area contributed by atoms with Gasteiger partial charge in [0.1, 0.15) is 0 Å². The lowest BCUT2D eigenvalue weighted by Crippen LogP contribution is -2.42. The van der Waals surface area contributed by atoms with Crippen LogP contribution in [0.15, 0.2) is 0 Å². The molecule has 0 amide bonds. The van der Waals surface area contributed by atoms with Gasteiger partial charge in [-0.25, -0.2) is 4.79 Å². The van der Waals surface area contributed by atoms with Crippen molar-refractivity contribution in [2.24, 2.45) is 0 Å². The average Bonchev–Trinajstić information content (AvgIpc) is 2.40. The van der Waals surface area contributed by atoms with Crippen LogP contribution in [0.5, 0.6) is 0 Å². The second kappa shape index (κ2) is 10.3. The zero-order valence-corrected chi connectivity index (χ0v) is 12.3. The molecule has 4 nitrogen and oxygen atoms in total. The van der Waals surface area contributed by atoms with Crippen LogP contribution in [0.4, 0.5) is 0 Å². The normalized spacial score (nSPS) is 11.6. The van der Waals surface area contributed by atoms with Crippen molar-refractivity contribution in [1.82, 2.24) is 0 Å². The second-order valence-electron chi connectivity index (χ2n) is 4.45. The van der Waals surface area contributed by atoms with E-state index in [9.17, 15) is 4.79 Å². The van der Waals surface area contributed by atoms with E-state index in [4.69, 9.17) is 14.5 Å². The molecule has 0 atom stereocenters. The zero-order valence-electron chi connectivity index (χ0n) is 12.3. The molecule has 0 radical (unpaired) electrons. The third kappa shape index (κ3) is 5.83.